The van der Waals surface area contributed by atoms with Crippen LogP contribution in [-0.4, -0.2) is 81.3 Å². The minimum Gasteiger partial charge on any atom is -0.463 e. The number of rotatable bonds is 49. The number of hydrogen-bond acceptors (Lipinski definition) is 7. The van der Waals surface area contributed by atoms with Crippen molar-refractivity contribution < 1.29 is 37.9 Å². The molecule has 0 aromatic heterocycles. The van der Waals surface area contributed by atoms with Gasteiger partial charge >= 0.3 is 17.9 Å². The summed E-state index contributed by atoms with van der Waals surface area (Å²) >= 11 is 0. The fourth-order valence-corrected chi connectivity index (χ4v) is 8.31. The Bertz CT molecular complexity index is 998. The standard InChI is InChI=1S/C55H106N2O7/c1-7-10-13-16-19-23-29-34-39-44-52(59)62-48-55(49-63-53(60)45-40-35-30-24-20-17-14-11-8-2,50-64-54(61)46-41-36-31-25-21-18-15-12-9-3)56-51(58)43-38-33-28-26-22-27-32-37-42-47-57(4,5)6/h7-50H2,1-6H3/p+1. The van der Waals surface area contributed by atoms with E-state index in [9.17, 15) is 19.2 Å². The average Bonchev–Trinajstić information content (AvgIpc) is 3.26. The van der Waals surface area contributed by atoms with Crippen molar-refractivity contribution in [3.63, 3.8) is 0 Å². The Morgan fingerprint density at radius 1 is 0.344 bits per heavy atom. The lowest BCUT2D eigenvalue weighted by atomic mass is 10.0. The molecule has 0 fully saturated rings. The van der Waals surface area contributed by atoms with Crippen LogP contribution in [0, 0.1) is 0 Å². The van der Waals surface area contributed by atoms with Crippen LogP contribution < -0.4 is 5.32 Å². The molecule has 0 saturated heterocycles. The van der Waals surface area contributed by atoms with Gasteiger partial charge in [-0.15, -0.1) is 0 Å². The van der Waals surface area contributed by atoms with Gasteiger partial charge in [0.25, 0.3) is 0 Å². The van der Waals surface area contributed by atoms with E-state index in [0.717, 1.165) is 81.5 Å². The highest BCUT2D eigenvalue weighted by molar-refractivity contribution is 5.77. The summed E-state index contributed by atoms with van der Waals surface area (Å²) in [6.07, 6.45) is 42.4. The normalized spacial score (nSPS) is 11.8. The first kappa shape index (κ1) is 61.8. The number of hydrogen-bond donors (Lipinski definition) is 1. The van der Waals surface area contributed by atoms with Crippen molar-refractivity contribution in [1.82, 2.24) is 5.32 Å². The van der Waals surface area contributed by atoms with Gasteiger partial charge in [0.2, 0.25) is 5.91 Å². The number of esters is 3. The van der Waals surface area contributed by atoms with Crippen molar-refractivity contribution in [3.05, 3.63) is 0 Å². The third kappa shape index (κ3) is 43.7. The van der Waals surface area contributed by atoms with Crippen molar-refractivity contribution >= 4 is 23.8 Å². The summed E-state index contributed by atoms with van der Waals surface area (Å²) < 4.78 is 18.6. The maximum atomic E-state index is 13.6. The Labute approximate surface area is 396 Å². The minimum atomic E-state index is -1.36. The minimum absolute atomic E-state index is 0.211. The predicted molar refractivity (Wildman–Crippen MR) is 268 cm³/mol. The molecule has 0 rings (SSSR count). The van der Waals surface area contributed by atoms with E-state index in [-0.39, 0.29) is 62.9 Å². The Morgan fingerprint density at radius 2 is 0.578 bits per heavy atom. The molecule has 0 atom stereocenters. The number of nitrogens with zero attached hydrogens (tertiary/aromatic N) is 1. The fraction of sp³-hybridized carbons (Fsp3) is 0.927. The summed E-state index contributed by atoms with van der Waals surface area (Å²) in [4.78, 5) is 53.0. The summed E-state index contributed by atoms with van der Waals surface area (Å²) in [5.41, 5.74) is -1.36. The number of carbonyl (C=O) groups excluding carboxylic acids is 4. The molecule has 0 aliphatic heterocycles. The second-order valence-corrected chi connectivity index (χ2v) is 20.5. The Hall–Kier alpha value is -2.16. The van der Waals surface area contributed by atoms with E-state index in [4.69, 9.17) is 14.2 Å². The molecule has 0 aliphatic carbocycles. The summed E-state index contributed by atoms with van der Waals surface area (Å²) in [5.74, 6) is -1.26. The van der Waals surface area contributed by atoms with Crippen molar-refractivity contribution in [1.29, 1.82) is 0 Å². The van der Waals surface area contributed by atoms with Gasteiger partial charge in [0.15, 0.2) is 0 Å². The highest BCUT2D eigenvalue weighted by atomic mass is 16.6. The van der Waals surface area contributed by atoms with E-state index in [1.54, 1.807) is 0 Å². The zero-order valence-electron chi connectivity index (χ0n) is 43.4. The highest BCUT2D eigenvalue weighted by Crippen LogP contribution is 2.18. The fourth-order valence-electron chi connectivity index (χ4n) is 8.31. The molecule has 0 heterocycles. The van der Waals surface area contributed by atoms with Gasteiger partial charge in [0.1, 0.15) is 25.4 Å². The van der Waals surface area contributed by atoms with Crippen LogP contribution in [0.4, 0.5) is 0 Å². The molecule has 9 heteroatoms. The largest absolute Gasteiger partial charge is 0.463 e. The molecule has 0 aliphatic rings. The maximum Gasteiger partial charge on any atom is 0.305 e. The smallest absolute Gasteiger partial charge is 0.305 e. The van der Waals surface area contributed by atoms with Crippen LogP contribution in [0.1, 0.15) is 278 Å². The van der Waals surface area contributed by atoms with Crippen LogP contribution in [0.15, 0.2) is 0 Å². The Morgan fingerprint density at radius 3 is 0.844 bits per heavy atom. The third-order valence-electron chi connectivity index (χ3n) is 12.6. The summed E-state index contributed by atoms with van der Waals surface area (Å²) in [6, 6.07) is 0. The molecule has 1 amide bonds. The Balaban J connectivity index is 5.46. The van der Waals surface area contributed by atoms with E-state index in [1.165, 1.54) is 161 Å². The van der Waals surface area contributed by atoms with E-state index < -0.39 is 5.54 Å². The predicted octanol–water partition coefficient (Wildman–Crippen LogP) is 14.8. The monoisotopic (exact) mass is 908 g/mol. The molecule has 0 radical (unpaired) electrons. The topological polar surface area (TPSA) is 108 Å². The van der Waals surface area contributed by atoms with Crippen molar-refractivity contribution in [2.24, 2.45) is 0 Å². The van der Waals surface area contributed by atoms with Gasteiger partial charge in [0.05, 0.1) is 27.7 Å². The molecule has 0 aromatic rings. The number of carbonyl (C=O) groups is 4. The molecule has 0 unspecified atom stereocenters. The average molecular weight is 908 g/mol. The van der Waals surface area contributed by atoms with Crippen LogP contribution in [0.5, 0.6) is 0 Å². The van der Waals surface area contributed by atoms with Gasteiger partial charge in [-0.25, -0.2) is 0 Å². The maximum absolute atomic E-state index is 13.6. The molecule has 0 bridgehead atoms. The number of quaternary nitrogens is 1. The van der Waals surface area contributed by atoms with Gasteiger partial charge in [-0.1, -0.05) is 213 Å². The van der Waals surface area contributed by atoms with Gasteiger partial charge < -0.3 is 24.0 Å². The zero-order chi connectivity index (χ0) is 47.3. The number of ether oxygens (including phenoxy) is 3. The first-order chi connectivity index (χ1) is 31.0. The van der Waals surface area contributed by atoms with Crippen molar-refractivity contribution in [3.8, 4) is 0 Å². The lowest BCUT2D eigenvalue weighted by molar-refractivity contribution is -0.870. The summed E-state index contributed by atoms with van der Waals surface area (Å²) in [5, 5.41) is 3.08. The lowest BCUT2D eigenvalue weighted by Gasteiger charge is -2.33. The zero-order valence-corrected chi connectivity index (χ0v) is 43.4. The van der Waals surface area contributed by atoms with Gasteiger partial charge in [-0.2, -0.15) is 0 Å². The quantitative estimate of drug-likeness (QED) is 0.0280. The molecule has 0 aromatic carbocycles. The SMILES string of the molecule is CCCCCCCCCCCC(=O)OCC(COC(=O)CCCCCCCCCCC)(COC(=O)CCCCCCCCCCC)NC(=O)CCCCCCCCCCC[N+](C)(C)C. The van der Waals surface area contributed by atoms with Gasteiger partial charge in [-0.3, -0.25) is 19.2 Å². The van der Waals surface area contributed by atoms with Crippen molar-refractivity contribution in [2.45, 2.75) is 283 Å². The molecule has 0 spiro atoms. The first-order valence-electron chi connectivity index (χ1n) is 27.5. The molecule has 0 saturated carbocycles. The van der Waals surface area contributed by atoms with Crippen molar-refractivity contribution in [2.75, 3.05) is 47.5 Å². The van der Waals surface area contributed by atoms with Crippen LogP contribution in [0.3, 0.4) is 0 Å². The van der Waals surface area contributed by atoms with Crippen LogP contribution in [0.2, 0.25) is 0 Å². The number of amides is 1. The van der Waals surface area contributed by atoms with Gasteiger partial charge in [0, 0.05) is 25.7 Å². The van der Waals surface area contributed by atoms with E-state index in [1.807, 2.05) is 0 Å². The van der Waals surface area contributed by atoms with E-state index in [2.05, 4.69) is 47.2 Å². The third-order valence-corrected chi connectivity index (χ3v) is 12.6. The molecular formula is C55H107N2O7+. The Kier molecular flexibility index (Phi) is 43.2. The summed E-state index contributed by atoms with van der Waals surface area (Å²) in [6.45, 7) is 7.24. The molecule has 9 nitrogen and oxygen atoms in total. The lowest BCUT2D eigenvalue weighted by Crippen LogP contribution is -2.59. The summed E-state index contributed by atoms with van der Waals surface area (Å²) in [7, 11) is 6.74. The first-order valence-corrected chi connectivity index (χ1v) is 27.5. The number of unbranched alkanes of at least 4 members (excludes halogenated alkanes) is 32. The molecule has 1 N–H and O–H groups in total. The van der Waals surface area contributed by atoms with E-state index in [0.29, 0.717) is 6.42 Å². The molecule has 64 heavy (non-hydrogen) atoms. The van der Waals surface area contributed by atoms with Crippen LogP contribution in [0.25, 0.3) is 0 Å². The molecular weight excluding hydrogens is 801 g/mol. The molecule has 378 valence electrons. The van der Waals surface area contributed by atoms with Crippen LogP contribution in [-0.2, 0) is 33.4 Å². The van der Waals surface area contributed by atoms with Crippen LogP contribution >= 0.6 is 0 Å². The van der Waals surface area contributed by atoms with E-state index >= 15 is 0 Å². The highest BCUT2D eigenvalue weighted by Gasteiger charge is 2.37. The second-order valence-electron chi connectivity index (χ2n) is 20.5. The van der Waals surface area contributed by atoms with Gasteiger partial charge in [-0.05, 0) is 38.5 Å². The second kappa shape index (κ2) is 44.7. The number of nitrogens with one attached hydrogen (secondary N) is 1.